The third-order valence-electron chi connectivity index (χ3n) is 5.30. The molecule has 5 nitrogen and oxygen atoms in total. The van der Waals surface area contributed by atoms with Crippen molar-refractivity contribution in [3.63, 3.8) is 0 Å². The summed E-state index contributed by atoms with van der Waals surface area (Å²) in [5, 5.41) is 0.650. The van der Waals surface area contributed by atoms with Gasteiger partial charge < -0.3 is 14.4 Å². The molecule has 1 aliphatic rings. The summed E-state index contributed by atoms with van der Waals surface area (Å²) in [5.41, 5.74) is 3.50. The van der Waals surface area contributed by atoms with Gasteiger partial charge in [0.15, 0.2) is 15.8 Å². The van der Waals surface area contributed by atoms with E-state index in [1.165, 1.54) is 11.8 Å². The lowest BCUT2D eigenvalue weighted by molar-refractivity contribution is -0.113. The van der Waals surface area contributed by atoms with E-state index in [4.69, 9.17) is 33.3 Å². The number of anilines is 2. The molecule has 0 bridgehead atoms. The van der Waals surface area contributed by atoms with Crippen molar-refractivity contribution < 1.29 is 14.3 Å². The van der Waals surface area contributed by atoms with Crippen molar-refractivity contribution in [2.24, 2.45) is 0 Å². The largest absolute Gasteiger partial charge is 0.493 e. The van der Waals surface area contributed by atoms with Gasteiger partial charge in [-0.25, -0.2) is 0 Å². The van der Waals surface area contributed by atoms with Gasteiger partial charge in [0.05, 0.1) is 21.3 Å². The van der Waals surface area contributed by atoms with Gasteiger partial charge >= 0.3 is 0 Å². The number of carbonyl (C=O) groups excluding carboxylic acids is 1. The van der Waals surface area contributed by atoms with E-state index >= 15 is 0 Å². The van der Waals surface area contributed by atoms with Gasteiger partial charge in [-0.1, -0.05) is 53.8 Å². The Bertz CT molecular complexity index is 1310. The zero-order valence-corrected chi connectivity index (χ0v) is 23.8. The van der Waals surface area contributed by atoms with E-state index in [1.54, 1.807) is 12.0 Å². The summed E-state index contributed by atoms with van der Waals surface area (Å²) in [6.07, 6.45) is 1.83. The molecule has 3 aromatic carbocycles. The summed E-state index contributed by atoms with van der Waals surface area (Å²) < 4.78 is 13.0. The van der Waals surface area contributed by atoms with Crippen molar-refractivity contribution in [2.75, 3.05) is 31.0 Å². The van der Waals surface area contributed by atoms with Gasteiger partial charge in [0.1, 0.15) is 6.61 Å². The molecular formula is C26H22ClIN2O3S2. The van der Waals surface area contributed by atoms with Crippen molar-refractivity contribution in [1.82, 2.24) is 0 Å². The zero-order chi connectivity index (χ0) is 25.1. The van der Waals surface area contributed by atoms with Crippen LogP contribution < -0.4 is 19.3 Å². The molecule has 4 rings (SSSR count). The summed E-state index contributed by atoms with van der Waals surface area (Å²) in [6, 6.07) is 19.1. The predicted octanol–water partition coefficient (Wildman–Crippen LogP) is 7.00. The lowest BCUT2D eigenvalue weighted by Gasteiger charge is -2.17. The molecule has 3 aromatic rings. The summed E-state index contributed by atoms with van der Waals surface area (Å²) in [7, 11) is 5.54. The first-order chi connectivity index (χ1) is 16.8. The first kappa shape index (κ1) is 25.8. The van der Waals surface area contributed by atoms with Crippen LogP contribution in [0.1, 0.15) is 11.1 Å². The van der Waals surface area contributed by atoms with E-state index in [0.717, 1.165) is 26.1 Å². The Kier molecular flexibility index (Phi) is 8.26. The van der Waals surface area contributed by atoms with Crippen molar-refractivity contribution in [1.29, 1.82) is 0 Å². The van der Waals surface area contributed by atoms with Crippen LogP contribution in [-0.4, -0.2) is 31.4 Å². The molecule has 0 atom stereocenters. The maximum absolute atomic E-state index is 13.2. The number of halogens is 2. The maximum atomic E-state index is 13.2. The number of thiocarbonyl (C=S) groups is 1. The minimum atomic E-state index is -0.148. The number of hydrogen-bond donors (Lipinski definition) is 0. The van der Waals surface area contributed by atoms with E-state index in [2.05, 4.69) is 22.6 Å². The molecule has 1 aliphatic heterocycles. The molecular weight excluding hydrogens is 615 g/mol. The third-order valence-corrected chi connectivity index (χ3v) is 7.77. The number of hydrogen-bond acceptors (Lipinski definition) is 6. The van der Waals surface area contributed by atoms with E-state index in [9.17, 15) is 4.79 Å². The molecule has 9 heteroatoms. The van der Waals surface area contributed by atoms with Crippen molar-refractivity contribution in [3.8, 4) is 11.5 Å². The molecule has 0 aliphatic carbocycles. The Balaban J connectivity index is 1.57. The van der Waals surface area contributed by atoms with E-state index < -0.39 is 0 Å². The molecule has 0 aromatic heterocycles. The number of methoxy groups -OCH3 is 1. The van der Waals surface area contributed by atoms with Gasteiger partial charge in [0.2, 0.25) is 0 Å². The van der Waals surface area contributed by atoms with Crippen LogP contribution in [0, 0.1) is 3.57 Å². The number of rotatable bonds is 7. The SMILES string of the molecule is COc1cc(/C=C2/SC(=S)N(c3ccc(N(C)C)cc3)C2=O)cc(I)c1OCc1ccccc1Cl. The monoisotopic (exact) mass is 636 g/mol. The van der Waals surface area contributed by atoms with Crippen LogP contribution in [-0.2, 0) is 11.4 Å². The second-order valence-corrected chi connectivity index (χ2v) is 11.1. The highest BCUT2D eigenvalue weighted by atomic mass is 127. The minimum absolute atomic E-state index is 0.148. The smallest absolute Gasteiger partial charge is 0.270 e. The molecule has 0 spiro atoms. The summed E-state index contributed by atoms with van der Waals surface area (Å²) >= 11 is 15.3. The highest BCUT2D eigenvalue weighted by Gasteiger charge is 2.33. The Hall–Kier alpha value is -2.27. The Morgan fingerprint density at radius 1 is 1.14 bits per heavy atom. The molecule has 1 saturated heterocycles. The zero-order valence-electron chi connectivity index (χ0n) is 19.2. The number of carbonyl (C=O) groups is 1. The van der Waals surface area contributed by atoms with Crippen LogP contribution in [0.4, 0.5) is 11.4 Å². The second kappa shape index (κ2) is 11.2. The average Bonchev–Trinajstić information content (AvgIpc) is 3.11. The van der Waals surface area contributed by atoms with Gasteiger partial charge in [-0.15, -0.1) is 0 Å². The van der Waals surface area contributed by atoms with Gasteiger partial charge in [-0.3, -0.25) is 9.69 Å². The number of amides is 1. The lowest BCUT2D eigenvalue weighted by Crippen LogP contribution is -2.27. The maximum Gasteiger partial charge on any atom is 0.270 e. The Labute approximate surface area is 233 Å². The van der Waals surface area contributed by atoms with Gasteiger partial charge in [-0.2, -0.15) is 0 Å². The van der Waals surface area contributed by atoms with Gasteiger partial charge in [0.25, 0.3) is 5.91 Å². The first-order valence-electron chi connectivity index (χ1n) is 10.6. The number of ether oxygens (including phenoxy) is 2. The molecule has 180 valence electrons. The normalized spacial score (nSPS) is 14.5. The van der Waals surface area contributed by atoms with E-state index in [-0.39, 0.29) is 5.91 Å². The van der Waals surface area contributed by atoms with Crippen LogP contribution in [0.5, 0.6) is 11.5 Å². The first-order valence-corrected chi connectivity index (χ1v) is 13.3. The van der Waals surface area contributed by atoms with Crippen LogP contribution in [0.15, 0.2) is 65.6 Å². The van der Waals surface area contributed by atoms with Crippen LogP contribution in [0.3, 0.4) is 0 Å². The molecule has 1 amide bonds. The van der Waals surface area contributed by atoms with Crippen molar-refractivity contribution >= 4 is 85.9 Å². The van der Waals surface area contributed by atoms with Crippen molar-refractivity contribution in [2.45, 2.75) is 6.61 Å². The summed E-state index contributed by atoms with van der Waals surface area (Å²) in [4.78, 5) is 17.3. The van der Waals surface area contributed by atoms with Gasteiger partial charge in [-0.05, 0) is 76.7 Å². The molecule has 35 heavy (non-hydrogen) atoms. The Morgan fingerprint density at radius 3 is 2.51 bits per heavy atom. The lowest BCUT2D eigenvalue weighted by atomic mass is 10.1. The molecule has 0 N–H and O–H groups in total. The fourth-order valence-electron chi connectivity index (χ4n) is 3.47. The Morgan fingerprint density at radius 2 is 1.86 bits per heavy atom. The highest BCUT2D eigenvalue weighted by molar-refractivity contribution is 14.1. The third kappa shape index (κ3) is 5.77. The average molecular weight is 637 g/mol. The molecule has 0 radical (unpaired) electrons. The fourth-order valence-corrected chi connectivity index (χ4v) is 5.74. The van der Waals surface area contributed by atoms with Gasteiger partial charge in [0, 0.05) is 30.4 Å². The quantitative estimate of drug-likeness (QED) is 0.158. The molecule has 0 saturated carbocycles. The number of benzene rings is 3. The fraction of sp³-hybridized carbons (Fsp3) is 0.154. The van der Waals surface area contributed by atoms with Crippen LogP contribution in [0.25, 0.3) is 6.08 Å². The predicted molar refractivity (Wildman–Crippen MR) is 158 cm³/mol. The molecule has 1 fully saturated rings. The van der Waals surface area contributed by atoms with E-state index in [0.29, 0.717) is 32.4 Å². The number of thioether (sulfide) groups is 1. The van der Waals surface area contributed by atoms with E-state index in [1.807, 2.05) is 85.7 Å². The highest BCUT2D eigenvalue weighted by Crippen LogP contribution is 2.39. The molecule has 0 unspecified atom stereocenters. The van der Waals surface area contributed by atoms with Crippen LogP contribution >= 0.6 is 58.2 Å². The standard InChI is InChI=1S/C26H22ClIN2O3S2/c1-29(2)18-8-10-19(11-9-18)30-25(31)23(35-26(30)34)14-16-12-21(28)24(22(13-16)32-3)33-15-17-6-4-5-7-20(17)27/h4-14H,15H2,1-3H3/b23-14+. The number of nitrogens with zero attached hydrogens (tertiary/aromatic N) is 2. The summed E-state index contributed by atoms with van der Waals surface area (Å²) in [6.45, 7) is 0.316. The molecule has 1 heterocycles. The summed E-state index contributed by atoms with van der Waals surface area (Å²) in [5.74, 6) is 1.05. The second-order valence-electron chi connectivity index (χ2n) is 7.84. The van der Waals surface area contributed by atoms with Crippen molar-refractivity contribution in [3.05, 3.63) is 85.3 Å². The minimum Gasteiger partial charge on any atom is -0.493 e. The topological polar surface area (TPSA) is 42.0 Å². The van der Waals surface area contributed by atoms with Crippen LogP contribution in [0.2, 0.25) is 5.02 Å².